The number of rotatable bonds is 8. The van der Waals surface area contributed by atoms with Gasteiger partial charge in [0.1, 0.15) is 6.54 Å². The summed E-state index contributed by atoms with van der Waals surface area (Å²) in [7, 11) is 1.97. The highest BCUT2D eigenvalue weighted by Gasteiger charge is 2.14. The van der Waals surface area contributed by atoms with Gasteiger partial charge in [-0.25, -0.2) is 0 Å². The first-order valence-electron chi connectivity index (χ1n) is 7.18. The van der Waals surface area contributed by atoms with Crippen molar-refractivity contribution in [1.82, 2.24) is 15.2 Å². The molecule has 0 radical (unpaired) electrons. The number of aromatic nitrogens is 1. The first-order valence-corrected chi connectivity index (χ1v) is 7.18. The number of amides is 1. The summed E-state index contributed by atoms with van der Waals surface area (Å²) in [4.78, 5) is 11.7. The number of unbranched alkanes of at least 4 members (excludes halogenated alkanes) is 1. The lowest BCUT2D eigenvalue weighted by Gasteiger charge is -2.18. The minimum atomic E-state index is 0.0844. The molecule has 1 amide bonds. The molecule has 0 fully saturated rings. The van der Waals surface area contributed by atoms with E-state index in [9.17, 15) is 4.79 Å². The van der Waals surface area contributed by atoms with Gasteiger partial charge in [0, 0.05) is 25.0 Å². The number of carbonyl (C=O) groups excluding carboxylic acids is 1. The van der Waals surface area contributed by atoms with E-state index in [0.29, 0.717) is 18.5 Å². The van der Waals surface area contributed by atoms with Crippen LogP contribution < -0.4 is 10.6 Å². The van der Waals surface area contributed by atoms with E-state index < -0.39 is 0 Å². The number of nitrogens with one attached hydrogen (secondary N) is 2. The number of carbonyl (C=O) groups is 1. The minimum absolute atomic E-state index is 0.0844. The summed E-state index contributed by atoms with van der Waals surface area (Å²) >= 11 is 0. The molecule has 0 bridgehead atoms. The van der Waals surface area contributed by atoms with Gasteiger partial charge in [-0.2, -0.15) is 0 Å². The molecule has 0 aromatic carbocycles. The molecule has 2 N–H and O–H groups in total. The third-order valence-electron chi connectivity index (χ3n) is 3.29. The van der Waals surface area contributed by atoms with E-state index in [1.165, 1.54) is 5.56 Å². The Bertz CT molecular complexity index is 384. The van der Waals surface area contributed by atoms with E-state index in [2.05, 4.69) is 43.7 Å². The summed E-state index contributed by atoms with van der Waals surface area (Å²) < 4.78 is 1.95. The molecule has 19 heavy (non-hydrogen) atoms. The molecule has 1 unspecified atom stereocenters. The number of hydrogen-bond donors (Lipinski definition) is 2. The third-order valence-corrected chi connectivity index (χ3v) is 3.29. The molecule has 0 aliphatic rings. The van der Waals surface area contributed by atoms with E-state index in [1.54, 1.807) is 0 Å². The van der Waals surface area contributed by atoms with Gasteiger partial charge in [-0.3, -0.25) is 4.79 Å². The Kier molecular flexibility index (Phi) is 6.64. The topological polar surface area (TPSA) is 46.1 Å². The van der Waals surface area contributed by atoms with Crippen LogP contribution in [0.15, 0.2) is 18.5 Å². The molecule has 1 atom stereocenters. The van der Waals surface area contributed by atoms with Crippen LogP contribution in [0.4, 0.5) is 0 Å². The normalized spacial score (nSPS) is 12.7. The molecule has 0 saturated heterocycles. The van der Waals surface area contributed by atoms with Gasteiger partial charge in [0.05, 0.1) is 0 Å². The summed E-state index contributed by atoms with van der Waals surface area (Å²) in [5.41, 5.74) is 1.24. The molecular weight excluding hydrogens is 238 g/mol. The monoisotopic (exact) mass is 265 g/mol. The zero-order valence-electron chi connectivity index (χ0n) is 12.6. The lowest BCUT2D eigenvalue weighted by atomic mass is 9.99. The van der Waals surface area contributed by atoms with Gasteiger partial charge >= 0.3 is 0 Å². The quantitative estimate of drug-likeness (QED) is 0.709. The Morgan fingerprint density at radius 1 is 1.42 bits per heavy atom. The van der Waals surface area contributed by atoms with Crippen LogP contribution in [0, 0.1) is 5.92 Å². The molecule has 1 aromatic heterocycles. The van der Waals surface area contributed by atoms with E-state index in [1.807, 2.05) is 17.8 Å². The summed E-state index contributed by atoms with van der Waals surface area (Å²) in [6.07, 6.45) is 6.17. The smallest absolute Gasteiger partial charge is 0.239 e. The van der Waals surface area contributed by atoms with Crippen molar-refractivity contribution in [2.75, 3.05) is 13.6 Å². The lowest BCUT2D eigenvalue weighted by molar-refractivity contribution is -0.121. The second-order valence-corrected chi connectivity index (χ2v) is 5.33. The summed E-state index contributed by atoms with van der Waals surface area (Å²) in [5, 5.41) is 6.24. The highest BCUT2D eigenvalue weighted by molar-refractivity contribution is 5.75. The van der Waals surface area contributed by atoms with Crippen LogP contribution in [-0.2, 0) is 11.3 Å². The van der Waals surface area contributed by atoms with Crippen molar-refractivity contribution in [2.45, 2.75) is 46.2 Å². The lowest BCUT2D eigenvalue weighted by Crippen LogP contribution is -2.28. The Hall–Kier alpha value is -1.29. The Balaban J connectivity index is 2.52. The molecule has 1 heterocycles. The minimum Gasteiger partial charge on any atom is -0.355 e. The van der Waals surface area contributed by atoms with Crippen LogP contribution in [0.25, 0.3) is 0 Å². The molecule has 0 spiro atoms. The van der Waals surface area contributed by atoms with Crippen LogP contribution in [0.2, 0.25) is 0 Å². The van der Waals surface area contributed by atoms with E-state index >= 15 is 0 Å². The first-order chi connectivity index (χ1) is 9.08. The van der Waals surface area contributed by atoms with Gasteiger partial charge in [0.25, 0.3) is 0 Å². The second kappa shape index (κ2) is 8.00. The summed E-state index contributed by atoms with van der Waals surface area (Å²) in [6.45, 7) is 7.67. The van der Waals surface area contributed by atoms with Crippen molar-refractivity contribution in [3.63, 3.8) is 0 Å². The van der Waals surface area contributed by atoms with Crippen molar-refractivity contribution >= 4 is 5.91 Å². The molecule has 4 nitrogen and oxygen atoms in total. The van der Waals surface area contributed by atoms with Crippen molar-refractivity contribution in [3.8, 4) is 0 Å². The average molecular weight is 265 g/mol. The van der Waals surface area contributed by atoms with Gasteiger partial charge in [-0.15, -0.1) is 0 Å². The largest absolute Gasteiger partial charge is 0.355 e. The fraction of sp³-hybridized carbons (Fsp3) is 0.667. The highest BCUT2D eigenvalue weighted by Crippen LogP contribution is 2.21. The zero-order chi connectivity index (χ0) is 14.3. The Labute approximate surface area is 116 Å². The van der Waals surface area contributed by atoms with Gasteiger partial charge in [-0.05, 0) is 31.0 Å². The highest BCUT2D eigenvalue weighted by atomic mass is 16.1. The van der Waals surface area contributed by atoms with Crippen LogP contribution in [-0.4, -0.2) is 24.1 Å². The number of hydrogen-bond acceptors (Lipinski definition) is 2. The standard InChI is InChI=1S/C15H27N3O/c1-5-6-8-17-14(19)11-18-9-7-13(10-18)15(16-4)12(2)3/h7,9-10,12,15-16H,5-6,8,11H2,1-4H3,(H,17,19). The first kappa shape index (κ1) is 15.8. The van der Waals surface area contributed by atoms with Crippen molar-refractivity contribution in [3.05, 3.63) is 24.0 Å². The molecule has 0 aliphatic heterocycles. The fourth-order valence-electron chi connectivity index (χ4n) is 2.25. The average Bonchev–Trinajstić information content (AvgIpc) is 2.78. The van der Waals surface area contributed by atoms with Crippen molar-refractivity contribution < 1.29 is 4.79 Å². The van der Waals surface area contributed by atoms with Crippen LogP contribution >= 0.6 is 0 Å². The molecule has 4 heteroatoms. The van der Waals surface area contributed by atoms with Crippen molar-refractivity contribution in [2.24, 2.45) is 5.92 Å². The maximum Gasteiger partial charge on any atom is 0.239 e. The molecule has 108 valence electrons. The number of nitrogens with zero attached hydrogens (tertiary/aromatic N) is 1. The summed E-state index contributed by atoms with van der Waals surface area (Å²) in [5.74, 6) is 0.611. The molecule has 0 aliphatic carbocycles. The predicted octanol–water partition coefficient (Wildman–Crippen LogP) is 2.32. The maximum absolute atomic E-state index is 11.7. The van der Waals surface area contributed by atoms with Gasteiger partial charge in [0.2, 0.25) is 5.91 Å². The van der Waals surface area contributed by atoms with Crippen LogP contribution in [0.3, 0.4) is 0 Å². The van der Waals surface area contributed by atoms with Gasteiger partial charge < -0.3 is 15.2 Å². The van der Waals surface area contributed by atoms with E-state index in [-0.39, 0.29) is 5.91 Å². The maximum atomic E-state index is 11.7. The van der Waals surface area contributed by atoms with E-state index in [4.69, 9.17) is 0 Å². The third kappa shape index (κ3) is 5.07. The molecule has 1 rings (SSSR count). The molecule has 1 aromatic rings. The molecular formula is C15H27N3O. The summed E-state index contributed by atoms with van der Waals surface area (Å²) in [6, 6.07) is 2.42. The SMILES string of the molecule is CCCCNC(=O)Cn1ccc(C(NC)C(C)C)c1. The molecule has 0 saturated carbocycles. The van der Waals surface area contributed by atoms with Gasteiger partial charge in [0.15, 0.2) is 0 Å². The van der Waals surface area contributed by atoms with Crippen LogP contribution in [0.5, 0.6) is 0 Å². The fourth-order valence-corrected chi connectivity index (χ4v) is 2.25. The van der Waals surface area contributed by atoms with Gasteiger partial charge in [-0.1, -0.05) is 27.2 Å². The zero-order valence-corrected chi connectivity index (χ0v) is 12.6. The van der Waals surface area contributed by atoms with E-state index in [0.717, 1.165) is 19.4 Å². The Morgan fingerprint density at radius 2 is 2.16 bits per heavy atom. The predicted molar refractivity (Wildman–Crippen MR) is 79.0 cm³/mol. The second-order valence-electron chi connectivity index (χ2n) is 5.33. The van der Waals surface area contributed by atoms with Crippen molar-refractivity contribution in [1.29, 1.82) is 0 Å². The van der Waals surface area contributed by atoms with Crippen LogP contribution in [0.1, 0.15) is 45.2 Å². The Morgan fingerprint density at radius 3 is 2.74 bits per heavy atom.